The molecule has 0 fully saturated rings. The van der Waals surface area contributed by atoms with Gasteiger partial charge in [-0.2, -0.15) is 0 Å². The monoisotopic (exact) mass is 265 g/mol. The van der Waals surface area contributed by atoms with Gasteiger partial charge >= 0.3 is 0 Å². The van der Waals surface area contributed by atoms with Gasteiger partial charge in [-0.05, 0) is 38.9 Å². The number of rotatable bonds is 8. The van der Waals surface area contributed by atoms with Gasteiger partial charge in [-0.25, -0.2) is 4.98 Å². The number of hydrogen-bond acceptors (Lipinski definition) is 4. The van der Waals surface area contributed by atoms with Crippen molar-refractivity contribution in [1.29, 1.82) is 0 Å². The topological polar surface area (TPSA) is 37.4 Å². The van der Waals surface area contributed by atoms with Crippen LogP contribution in [0.1, 0.15) is 38.8 Å². The lowest BCUT2D eigenvalue weighted by molar-refractivity contribution is 0.203. The lowest BCUT2D eigenvalue weighted by atomic mass is 10.1. The van der Waals surface area contributed by atoms with Gasteiger partial charge in [-0.3, -0.25) is 0 Å². The predicted molar refractivity (Wildman–Crippen MR) is 80.7 cm³/mol. The number of pyridine rings is 1. The van der Waals surface area contributed by atoms with E-state index in [0.29, 0.717) is 12.1 Å². The smallest absolute Gasteiger partial charge is 0.128 e. The van der Waals surface area contributed by atoms with E-state index in [1.165, 1.54) is 5.56 Å². The van der Waals surface area contributed by atoms with E-state index >= 15 is 0 Å². The van der Waals surface area contributed by atoms with Crippen molar-refractivity contribution >= 4 is 5.82 Å². The molecule has 0 aliphatic heterocycles. The lowest BCUT2D eigenvalue weighted by Crippen LogP contribution is -2.36. The zero-order valence-corrected chi connectivity index (χ0v) is 12.8. The quantitative estimate of drug-likeness (QED) is 0.784. The number of ether oxygens (including phenoxy) is 1. The molecule has 108 valence electrons. The second-order valence-electron chi connectivity index (χ2n) is 4.90. The van der Waals surface area contributed by atoms with E-state index < -0.39 is 0 Å². The number of methoxy groups -OCH3 is 1. The van der Waals surface area contributed by atoms with Crippen molar-refractivity contribution in [3.63, 3.8) is 0 Å². The van der Waals surface area contributed by atoms with Gasteiger partial charge in [0.15, 0.2) is 0 Å². The molecule has 0 bridgehead atoms. The Bertz CT molecular complexity index is 353. The van der Waals surface area contributed by atoms with Gasteiger partial charge in [0.1, 0.15) is 5.82 Å². The maximum absolute atomic E-state index is 5.19. The zero-order chi connectivity index (χ0) is 14.3. The summed E-state index contributed by atoms with van der Waals surface area (Å²) in [4.78, 5) is 6.90. The molecule has 0 aliphatic rings. The van der Waals surface area contributed by atoms with Crippen LogP contribution in [-0.4, -0.2) is 38.3 Å². The van der Waals surface area contributed by atoms with E-state index in [-0.39, 0.29) is 0 Å². The van der Waals surface area contributed by atoms with E-state index in [9.17, 15) is 0 Å². The Morgan fingerprint density at radius 1 is 1.37 bits per heavy atom. The van der Waals surface area contributed by atoms with Crippen LogP contribution < -0.4 is 10.2 Å². The summed E-state index contributed by atoms with van der Waals surface area (Å²) in [5.41, 5.74) is 1.21. The second-order valence-corrected chi connectivity index (χ2v) is 4.90. The largest absolute Gasteiger partial charge is 0.383 e. The molecule has 0 aromatic carbocycles. The number of aromatic nitrogens is 1. The zero-order valence-electron chi connectivity index (χ0n) is 12.8. The molecule has 1 N–H and O–H groups in total. The van der Waals surface area contributed by atoms with E-state index in [0.717, 1.165) is 25.4 Å². The summed E-state index contributed by atoms with van der Waals surface area (Å²) < 4.78 is 5.19. The molecule has 0 radical (unpaired) electrons. The highest BCUT2D eigenvalue weighted by atomic mass is 16.5. The van der Waals surface area contributed by atoms with E-state index in [4.69, 9.17) is 4.74 Å². The third-order valence-corrected chi connectivity index (χ3v) is 3.66. The average Bonchev–Trinajstić information content (AvgIpc) is 2.47. The summed E-state index contributed by atoms with van der Waals surface area (Å²) in [5, 5.41) is 3.22. The Balaban J connectivity index is 2.84. The summed E-state index contributed by atoms with van der Waals surface area (Å²) >= 11 is 0. The molecule has 4 heteroatoms. The summed E-state index contributed by atoms with van der Waals surface area (Å²) in [6, 6.07) is 5.05. The molecular weight excluding hydrogens is 238 g/mol. The maximum Gasteiger partial charge on any atom is 0.128 e. The van der Waals surface area contributed by atoms with Crippen LogP contribution in [0.5, 0.6) is 0 Å². The molecule has 1 heterocycles. The Hall–Kier alpha value is -1.13. The van der Waals surface area contributed by atoms with E-state index in [2.05, 4.69) is 48.1 Å². The SMILES string of the molecule is CCC(C)N(CCOC)c1ccc(C(C)NC)cn1. The molecule has 0 amide bonds. The fraction of sp³-hybridized carbons (Fsp3) is 0.667. The summed E-state index contributed by atoms with van der Waals surface area (Å²) in [7, 11) is 3.70. The Morgan fingerprint density at radius 2 is 2.11 bits per heavy atom. The van der Waals surface area contributed by atoms with Crippen LogP contribution in [0.3, 0.4) is 0 Å². The highest BCUT2D eigenvalue weighted by Gasteiger charge is 2.14. The Morgan fingerprint density at radius 3 is 2.58 bits per heavy atom. The molecule has 19 heavy (non-hydrogen) atoms. The van der Waals surface area contributed by atoms with Crippen LogP contribution in [0.4, 0.5) is 5.82 Å². The van der Waals surface area contributed by atoms with Crippen molar-refractivity contribution < 1.29 is 4.74 Å². The number of hydrogen-bond donors (Lipinski definition) is 1. The van der Waals surface area contributed by atoms with E-state index in [1.54, 1.807) is 7.11 Å². The average molecular weight is 265 g/mol. The van der Waals surface area contributed by atoms with Gasteiger partial charge in [0.2, 0.25) is 0 Å². The first-order chi connectivity index (χ1) is 9.13. The van der Waals surface area contributed by atoms with Crippen molar-refractivity contribution in [2.24, 2.45) is 0 Å². The number of anilines is 1. The van der Waals surface area contributed by atoms with Crippen molar-refractivity contribution in [3.05, 3.63) is 23.9 Å². The van der Waals surface area contributed by atoms with Crippen LogP contribution >= 0.6 is 0 Å². The third kappa shape index (κ3) is 4.48. The van der Waals surface area contributed by atoms with Gasteiger partial charge in [-0.15, -0.1) is 0 Å². The molecule has 0 saturated carbocycles. The van der Waals surface area contributed by atoms with Crippen molar-refractivity contribution in [3.8, 4) is 0 Å². The first-order valence-electron chi connectivity index (χ1n) is 7.02. The van der Waals surface area contributed by atoms with Crippen molar-refractivity contribution in [2.45, 2.75) is 39.3 Å². The second kappa shape index (κ2) is 8.12. The normalized spacial score (nSPS) is 14.2. The first kappa shape index (κ1) is 15.9. The third-order valence-electron chi connectivity index (χ3n) is 3.66. The van der Waals surface area contributed by atoms with Gasteiger partial charge in [0, 0.05) is 31.9 Å². The van der Waals surface area contributed by atoms with Crippen LogP contribution in [0.25, 0.3) is 0 Å². The fourth-order valence-electron chi connectivity index (χ4n) is 1.96. The predicted octanol–water partition coefficient (Wildman–Crippen LogP) is 2.61. The highest BCUT2D eigenvalue weighted by Crippen LogP contribution is 2.18. The van der Waals surface area contributed by atoms with Crippen molar-refractivity contribution in [1.82, 2.24) is 10.3 Å². The summed E-state index contributed by atoms with van der Waals surface area (Å²) in [5.74, 6) is 1.03. The van der Waals surface area contributed by atoms with Crippen LogP contribution in [-0.2, 0) is 4.74 Å². The molecule has 2 unspecified atom stereocenters. The van der Waals surface area contributed by atoms with Gasteiger partial charge in [0.25, 0.3) is 0 Å². The first-order valence-corrected chi connectivity index (χ1v) is 7.02. The number of nitrogens with zero attached hydrogens (tertiary/aromatic N) is 2. The molecule has 2 atom stereocenters. The van der Waals surface area contributed by atoms with Crippen molar-refractivity contribution in [2.75, 3.05) is 32.2 Å². The summed E-state index contributed by atoms with van der Waals surface area (Å²) in [6.07, 6.45) is 3.05. The fourth-order valence-corrected chi connectivity index (χ4v) is 1.96. The molecule has 0 spiro atoms. The summed E-state index contributed by atoms with van der Waals surface area (Å²) in [6.45, 7) is 8.15. The van der Waals surface area contributed by atoms with E-state index in [1.807, 2.05) is 13.2 Å². The minimum atomic E-state index is 0.331. The lowest BCUT2D eigenvalue weighted by Gasteiger charge is -2.29. The van der Waals surface area contributed by atoms with Crippen LogP contribution in [0, 0.1) is 0 Å². The number of nitrogens with one attached hydrogen (secondary N) is 1. The minimum Gasteiger partial charge on any atom is -0.383 e. The standard InChI is InChI=1S/C15H27N3O/c1-6-12(2)18(9-10-19-5)15-8-7-14(11-17-15)13(3)16-4/h7-8,11-13,16H,6,9-10H2,1-5H3. The van der Waals surface area contributed by atoms with Crippen LogP contribution in [0.2, 0.25) is 0 Å². The maximum atomic E-state index is 5.19. The molecule has 1 aromatic heterocycles. The Kier molecular flexibility index (Phi) is 6.81. The van der Waals surface area contributed by atoms with Crippen LogP contribution in [0.15, 0.2) is 18.3 Å². The molecule has 0 saturated heterocycles. The molecule has 4 nitrogen and oxygen atoms in total. The molecule has 1 aromatic rings. The highest BCUT2D eigenvalue weighted by molar-refractivity contribution is 5.40. The minimum absolute atomic E-state index is 0.331. The van der Waals surface area contributed by atoms with Gasteiger partial charge in [0.05, 0.1) is 6.61 Å². The molecular formula is C15H27N3O. The van der Waals surface area contributed by atoms with Gasteiger partial charge < -0.3 is 15.0 Å². The van der Waals surface area contributed by atoms with Gasteiger partial charge in [-0.1, -0.05) is 13.0 Å². The molecule has 1 rings (SSSR count). The molecule has 0 aliphatic carbocycles. The Labute approximate surface area is 117 Å².